The van der Waals surface area contributed by atoms with E-state index in [1.807, 2.05) is 0 Å². The van der Waals surface area contributed by atoms with Gasteiger partial charge in [-0.1, -0.05) is 13.8 Å². The van der Waals surface area contributed by atoms with Gasteiger partial charge in [0.25, 0.3) is 0 Å². The number of nitrogens with one attached hydrogen (secondary N) is 1. The molecule has 1 fully saturated rings. The van der Waals surface area contributed by atoms with E-state index in [2.05, 4.69) is 19.2 Å². The van der Waals surface area contributed by atoms with Crippen molar-refractivity contribution in [1.82, 2.24) is 5.32 Å². The minimum absolute atomic E-state index is 0.0242. The number of hydrogen-bond donors (Lipinski definition) is 3. The maximum Gasteiger partial charge on any atom is 0.0607 e. The molecule has 1 aliphatic rings. The molecule has 0 saturated heterocycles. The molecule has 0 unspecified atom stereocenters. The van der Waals surface area contributed by atoms with Crippen molar-refractivity contribution in [3.63, 3.8) is 0 Å². The summed E-state index contributed by atoms with van der Waals surface area (Å²) in [5.41, 5.74) is 0.478. The molecule has 1 aliphatic carbocycles. The number of aliphatic hydroxyl groups excluding tert-OH is 2. The summed E-state index contributed by atoms with van der Waals surface area (Å²) in [4.78, 5) is 0. The molecule has 14 heavy (non-hydrogen) atoms. The smallest absolute Gasteiger partial charge is 0.0607 e. The molecule has 0 atom stereocenters. The van der Waals surface area contributed by atoms with Gasteiger partial charge in [-0.15, -0.1) is 0 Å². The zero-order valence-corrected chi connectivity index (χ0v) is 9.29. The third kappa shape index (κ3) is 3.56. The van der Waals surface area contributed by atoms with E-state index in [1.165, 1.54) is 12.8 Å². The second-order valence-corrected chi connectivity index (χ2v) is 5.17. The first-order chi connectivity index (χ1) is 6.57. The quantitative estimate of drug-likeness (QED) is 0.633. The van der Waals surface area contributed by atoms with Gasteiger partial charge in [0.1, 0.15) is 0 Å². The molecule has 0 aliphatic heterocycles. The topological polar surface area (TPSA) is 52.5 Å². The molecule has 3 nitrogen and oxygen atoms in total. The Morgan fingerprint density at radius 2 is 1.71 bits per heavy atom. The Labute approximate surface area is 86.5 Å². The van der Waals surface area contributed by atoms with Gasteiger partial charge >= 0.3 is 0 Å². The fraction of sp³-hybridized carbons (Fsp3) is 1.00. The Kier molecular flexibility index (Phi) is 4.35. The minimum Gasteiger partial charge on any atom is -0.395 e. The van der Waals surface area contributed by atoms with Crippen LogP contribution in [-0.2, 0) is 0 Å². The van der Waals surface area contributed by atoms with E-state index in [0.29, 0.717) is 11.5 Å². The van der Waals surface area contributed by atoms with Gasteiger partial charge in [0, 0.05) is 6.04 Å². The van der Waals surface area contributed by atoms with Gasteiger partial charge in [0.05, 0.1) is 19.3 Å². The number of aliphatic hydroxyl groups is 2. The monoisotopic (exact) mass is 201 g/mol. The maximum atomic E-state index is 8.94. The van der Waals surface area contributed by atoms with Crippen LogP contribution in [0, 0.1) is 5.41 Å². The van der Waals surface area contributed by atoms with Gasteiger partial charge in [0.2, 0.25) is 0 Å². The van der Waals surface area contributed by atoms with Gasteiger partial charge in [-0.25, -0.2) is 0 Å². The highest BCUT2D eigenvalue weighted by Crippen LogP contribution is 2.35. The average molecular weight is 201 g/mol. The molecule has 3 N–H and O–H groups in total. The van der Waals surface area contributed by atoms with Crippen LogP contribution in [-0.4, -0.2) is 35.5 Å². The zero-order valence-electron chi connectivity index (χ0n) is 9.29. The molecule has 0 aromatic carbocycles. The molecule has 84 valence electrons. The second kappa shape index (κ2) is 5.10. The maximum absolute atomic E-state index is 8.94. The molecule has 0 radical (unpaired) electrons. The first-order valence-corrected chi connectivity index (χ1v) is 5.55. The molecule has 1 rings (SSSR count). The lowest BCUT2D eigenvalue weighted by atomic mass is 9.75. The van der Waals surface area contributed by atoms with Gasteiger partial charge in [-0.05, 0) is 31.1 Å². The van der Waals surface area contributed by atoms with Crippen LogP contribution < -0.4 is 5.32 Å². The van der Waals surface area contributed by atoms with Crippen LogP contribution in [0.3, 0.4) is 0 Å². The Bertz CT molecular complexity index is 157. The standard InChI is InChI=1S/C11H23NO2/c1-11(2)5-3-9(4-6-11)12-10(7-13)8-14/h9-10,12-14H,3-8H2,1-2H3. The Balaban J connectivity index is 2.28. The lowest BCUT2D eigenvalue weighted by Gasteiger charge is -2.36. The minimum atomic E-state index is -0.138. The SMILES string of the molecule is CC1(C)CCC(NC(CO)CO)CC1. The summed E-state index contributed by atoms with van der Waals surface area (Å²) in [5.74, 6) is 0. The van der Waals surface area contributed by atoms with Crippen molar-refractivity contribution in [2.24, 2.45) is 5.41 Å². The average Bonchev–Trinajstić information content (AvgIpc) is 2.16. The first-order valence-electron chi connectivity index (χ1n) is 5.55. The van der Waals surface area contributed by atoms with E-state index in [4.69, 9.17) is 10.2 Å². The number of rotatable bonds is 4. The van der Waals surface area contributed by atoms with Crippen molar-refractivity contribution in [3.8, 4) is 0 Å². The summed E-state index contributed by atoms with van der Waals surface area (Å²) in [6, 6.07) is 0.341. The third-order valence-corrected chi connectivity index (χ3v) is 3.25. The van der Waals surface area contributed by atoms with Gasteiger partial charge in [0.15, 0.2) is 0 Å². The molecule has 0 spiro atoms. The van der Waals surface area contributed by atoms with E-state index in [9.17, 15) is 0 Å². The normalized spacial score (nSPS) is 22.9. The summed E-state index contributed by atoms with van der Waals surface area (Å²) < 4.78 is 0. The van der Waals surface area contributed by atoms with E-state index >= 15 is 0 Å². The molecule has 0 bridgehead atoms. The Hall–Kier alpha value is -0.120. The van der Waals surface area contributed by atoms with Crippen LogP contribution in [0.5, 0.6) is 0 Å². The van der Waals surface area contributed by atoms with Crippen LogP contribution in [0.15, 0.2) is 0 Å². The van der Waals surface area contributed by atoms with Crippen LogP contribution in [0.1, 0.15) is 39.5 Å². The van der Waals surface area contributed by atoms with E-state index < -0.39 is 0 Å². The molecule has 0 aromatic rings. The van der Waals surface area contributed by atoms with Crippen molar-refractivity contribution >= 4 is 0 Å². The van der Waals surface area contributed by atoms with Crippen LogP contribution in [0.2, 0.25) is 0 Å². The summed E-state index contributed by atoms with van der Waals surface area (Å²) in [5, 5.41) is 21.2. The molecule has 0 aromatic heterocycles. The van der Waals surface area contributed by atoms with Crippen LogP contribution in [0.25, 0.3) is 0 Å². The van der Waals surface area contributed by atoms with Gasteiger partial charge in [-0.2, -0.15) is 0 Å². The third-order valence-electron chi connectivity index (χ3n) is 3.25. The molecule has 0 amide bonds. The van der Waals surface area contributed by atoms with Crippen LogP contribution in [0.4, 0.5) is 0 Å². The summed E-state index contributed by atoms with van der Waals surface area (Å²) >= 11 is 0. The van der Waals surface area contributed by atoms with E-state index in [0.717, 1.165) is 12.8 Å². The molecule has 1 saturated carbocycles. The van der Waals surface area contributed by atoms with Crippen LogP contribution >= 0.6 is 0 Å². The van der Waals surface area contributed by atoms with Crippen molar-refractivity contribution in [1.29, 1.82) is 0 Å². The van der Waals surface area contributed by atoms with Gasteiger partial charge in [-0.3, -0.25) is 0 Å². The van der Waals surface area contributed by atoms with Crippen molar-refractivity contribution < 1.29 is 10.2 Å². The van der Waals surface area contributed by atoms with E-state index in [-0.39, 0.29) is 19.3 Å². The summed E-state index contributed by atoms with van der Waals surface area (Å²) in [7, 11) is 0. The summed E-state index contributed by atoms with van der Waals surface area (Å²) in [6.45, 7) is 4.66. The fourth-order valence-electron chi connectivity index (χ4n) is 2.06. The molecule has 3 heteroatoms. The largest absolute Gasteiger partial charge is 0.395 e. The van der Waals surface area contributed by atoms with Crippen molar-refractivity contribution in [3.05, 3.63) is 0 Å². The van der Waals surface area contributed by atoms with Gasteiger partial charge < -0.3 is 15.5 Å². The highest BCUT2D eigenvalue weighted by atomic mass is 16.3. The number of hydrogen-bond acceptors (Lipinski definition) is 3. The highest BCUT2D eigenvalue weighted by molar-refractivity contribution is 4.83. The Morgan fingerprint density at radius 3 is 2.14 bits per heavy atom. The van der Waals surface area contributed by atoms with E-state index in [1.54, 1.807) is 0 Å². The zero-order chi connectivity index (χ0) is 10.6. The van der Waals surface area contributed by atoms with Crippen molar-refractivity contribution in [2.45, 2.75) is 51.6 Å². The molecular weight excluding hydrogens is 178 g/mol. The molecule has 0 heterocycles. The highest BCUT2D eigenvalue weighted by Gasteiger charge is 2.27. The fourth-order valence-corrected chi connectivity index (χ4v) is 2.06. The second-order valence-electron chi connectivity index (χ2n) is 5.17. The first kappa shape index (κ1) is 12.0. The summed E-state index contributed by atoms with van der Waals surface area (Å²) in [6.07, 6.45) is 4.77. The predicted octanol–water partition coefficient (Wildman–Crippen LogP) is 0.898. The molecular formula is C11H23NO2. The Morgan fingerprint density at radius 1 is 1.21 bits per heavy atom. The van der Waals surface area contributed by atoms with Crippen molar-refractivity contribution in [2.75, 3.05) is 13.2 Å². The predicted molar refractivity (Wildman–Crippen MR) is 57.1 cm³/mol. The lowest BCUT2D eigenvalue weighted by Crippen LogP contribution is -2.45. The lowest BCUT2D eigenvalue weighted by molar-refractivity contribution is 0.137.